The second-order valence-electron chi connectivity index (χ2n) is 7.41. The third-order valence-electron chi connectivity index (χ3n) is 5.88. The van der Waals surface area contributed by atoms with Crippen LogP contribution in [0.15, 0.2) is 29.2 Å². The number of carbonyl (C=O) groups is 3. The van der Waals surface area contributed by atoms with Crippen LogP contribution in [0.25, 0.3) is 0 Å². The predicted molar refractivity (Wildman–Crippen MR) is 97.9 cm³/mol. The maximum atomic E-state index is 13.2. The molecule has 0 radical (unpaired) electrons. The third-order valence-corrected chi connectivity index (χ3v) is 7.35. The largest absolute Gasteiger partial charge is 0.481 e. The van der Waals surface area contributed by atoms with E-state index in [1.165, 1.54) is 11.8 Å². The number of aliphatic carboxylic acids is 1. The first-order valence-electron chi connectivity index (χ1n) is 9.11. The zero-order valence-corrected chi connectivity index (χ0v) is 15.3. The van der Waals surface area contributed by atoms with Gasteiger partial charge >= 0.3 is 5.97 Å². The van der Waals surface area contributed by atoms with Gasteiger partial charge in [0, 0.05) is 17.9 Å². The van der Waals surface area contributed by atoms with E-state index in [-0.39, 0.29) is 18.4 Å². The average molecular weight is 374 g/mol. The molecule has 2 aliphatic heterocycles. The molecule has 1 saturated heterocycles. The molecule has 7 heteroatoms. The zero-order valence-electron chi connectivity index (χ0n) is 14.5. The number of hydrogen-bond acceptors (Lipinski definition) is 4. The van der Waals surface area contributed by atoms with Crippen LogP contribution in [0, 0.1) is 5.41 Å². The first-order chi connectivity index (χ1) is 12.5. The Morgan fingerprint density at radius 1 is 1.15 bits per heavy atom. The van der Waals surface area contributed by atoms with Gasteiger partial charge in [0.05, 0.1) is 11.1 Å². The van der Waals surface area contributed by atoms with Gasteiger partial charge < -0.3 is 10.4 Å². The van der Waals surface area contributed by atoms with Crippen LogP contribution in [0.4, 0.5) is 5.69 Å². The maximum Gasteiger partial charge on any atom is 0.311 e. The SMILES string of the molecule is O=C1CCC2(C(=O)NCC3(C(=O)O)CCCCC3)Sc3ccccc3N12. The summed E-state index contributed by atoms with van der Waals surface area (Å²) in [5.41, 5.74) is -0.102. The highest BCUT2D eigenvalue weighted by molar-refractivity contribution is 8.02. The number of para-hydroxylation sites is 1. The van der Waals surface area contributed by atoms with E-state index in [1.54, 1.807) is 4.90 Å². The van der Waals surface area contributed by atoms with Crippen molar-refractivity contribution < 1.29 is 19.5 Å². The molecule has 26 heavy (non-hydrogen) atoms. The van der Waals surface area contributed by atoms with Crippen LogP contribution < -0.4 is 10.2 Å². The van der Waals surface area contributed by atoms with Crippen molar-refractivity contribution in [2.24, 2.45) is 5.41 Å². The van der Waals surface area contributed by atoms with Gasteiger partial charge in [-0.15, -0.1) is 0 Å². The lowest BCUT2D eigenvalue weighted by molar-refractivity contribution is -0.151. The number of carboxylic acid groups (broad SMARTS) is 1. The topological polar surface area (TPSA) is 86.7 Å². The normalized spacial score (nSPS) is 26.3. The van der Waals surface area contributed by atoms with E-state index < -0.39 is 16.3 Å². The highest BCUT2D eigenvalue weighted by atomic mass is 32.2. The highest BCUT2D eigenvalue weighted by Gasteiger charge is 2.57. The fourth-order valence-electron chi connectivity index (χ4n) is 4.38. The summed E-state index contributed by atoms with van der Waals surface area (Å²) in [5, 5.41) is 12.6. The van der Waals surface area contributed by atoms with Crippen molar-refractivity contribution in [2.75, 3.05) is 11.4 Å². The van der Waals surface area contributed by atoms with Crippen LogP contribution in [-0.4, -0.2) is 34.3 Å². The number of nitrogens with zero attached hydrogens (tertiary/aromatic N) is 1. The molecular weight excluding hydrogens is 352 g/mol. The van der Waals surface area contributed by atoms with Crippen molar-refractivity contribution in [3.05, 3.63) is 24.3 Å². The first kappa shape index (κ1) is 17.4. The number of thioether (sulfide) groups is 1. The number of anilines is 1. The maximum absolute atomic E-state index is 13.2. The van der Waals surface area contributed by atoms with Gasteiger partial charge in [0.25, 0.3) is 5.91 Å². The summed E-state index contributed by atoms with van der Waals surface area (Å²) in [4.78, 5) is 39.0. The second kappa shape index (κ2) is 6.30. The first-order valence-corrected chi connectivity index (χ1v) is 9.93. The number of nitrogens with one attached hydrogen (secondary N) is 1. The van der Waals surface area contributed by atoms with E-state index in [1.807, 2.05) is 24.3 Å². The molecule has 1 aromatic rings. The van der Waals surface area contributed by atoms with Crippen molar-refractivity contribution in [3.8, 4) is 0 Å². The lowest BCUT2D eigenvalue weighted by atomic mass is 9.74. The Morgan fingerprint density at radius 3 is 2.62 bits per heavy atom. The van der Waals surface area contributed by atoms with E-state index in [4.69, 9.17) is 0 Å². The molecule has 138 valence electrons. The van der Waals surface area contributed by atoms with Crippen molar-refractivity contribution in [2.45, 2.75) is 54.7 Å². The van der Waals surface area contributed by atoms with Gasteiger partial charge in [0.2, 0.25) is 5.91 Å². The fraction of sp³-hybridized carbons (Fsp3) is 0.526. The smallest absolute Gasteiger partial charge is 0.311 e. The number of carbonyl (C=O) groups excluding carboxylic acids is 2. The molecule has 1 saturated carbocycles. The van der Waals surface area contributed by atoms with Crippen molar-refractivity contribution >= 4 is 35.2 Å². The summed E-state index contributed by atoms with van der Waals surface area (Å²) in [5.74, 6) is -1.14. The number of amides is 2. The van der Waals surface area contributed by atoms with E-state index >= 15 is 0 Å². The van der Waals surface area contributed by atoms with Gasteiger partial charge in [-0.25, -0.2) is 0 Å². The molecule has 2 fully saturated rings. The van der Waals surface area contributed by atoms with E-state index in [0.29, 0.717) is 25.7 Å². The quantitative estimate of drug-likeness (QED) is 0.846. The van der Waals surface area contributed by atoms with Crippen LogP contribution in [0.2, 0.25) is 0 Å². The number of fused-ring (bicyclic) bond motifs is 3. The molecule has 0 aromatic heterocycles. The molecule has 2 heterocycles. The molecule has 4 rings (SSSR count). The molecule has 1 unspecified atom stereocenters. The third kappa shape index (κ3) is 2.52. The standard InChI is InChI=1S/C19H22N2O4S/c22-15-8-11-19(21(15)13-6-2-3-7-14(13)26-19)16(23)20-12-18(17(24)25)9-4-1-5-10-18/h2-3,6-7H,1,4-5,8-12H2,(H,20,23)(H,24,25). The van der Waals surface area contributed by atoms with Crippen molar-refractivity contribution in [3.63, 3.8) is 0 Å². The molecular formula is C19H22N2O4S. The molecule has 3 aliphatic rings. The molecule has 0 spiro atoms. The Kier molecular flexibility index (Phi) is 4.22. The lowest BCUT2D eigenvalue weighted by Gasteiger charge is -2.35. The molecule has 6 nitrogen and oxygen atoms in total. The predicted octanol–water partition coefficient (Wildman–Crippen LogP) is 2.77. The van der Waals surface area contributed by atoms with Crippen LogP contribution in [-0.2, 0) is 14.4 Å². The monoisotopic (exact) mass is 374 g/mol. The Labute approximate surface area is 156 Å². The fourth-order valence-corrected chi connectivity index (χ4v) is 5.82. The second-order valence-corrected chi connectivity index (χ2v) is 8.73. The molecule has 0 bridgehead atoms. The number of benzene rings is 1. The Hall–Kier alpha value is -2.02. The van der Waals surface area contributed by atoms with E-state index in [2.05, 4.69) is 5.32 Å². The minimum Gasteiger partial charge on any atom is -0.481 e. The molecule has 1 atom stereocenters. The van der Waals surface area contributed by atoms with Crippen LogP contribution in [0.5, 0.6) is 0 Å². The Bertz CT molecular complexity index is 775. The van der Waals surface area contributed by atoms with Gasteiger partial charge in [-0.2, -0.15) is 0 Å². The summed E-state index contributed by atoms with van der Waals surface area (Å²) >= 11 is 1.41. The van der Waals surface area contributed by atoms with Crippen LogP contribution in [0.1, 0.15) is 44.9 Å². The number of rotatable bonds is 4. The summed E-state index contributed by atoms with van der Waals surface area (Å²) in [6, 6.07) is 7.53. The van der Waals surface area contributed by atoms with Gasteiger partial charge in [-0.05, 0) is 31.4 Å². The minimum absolute atomic E-state index is 0.0526. The molecule has 2 amide bonds. The summed E-state index contributed by atoms with van der Waals surface area (Å²) in [6.45, 7) is 0.127. The van der Waals surface area contributed by atoms with Crippen molar-refractivity contribution in [1.82, 2.24) is 5.32 Å². The van der Waals surface area contributed by atoms with Crippen LogP contribution in [0.3, 0.4) is 0 Å². The molecule has 1 aromatic carbocycles. The Balaban J connectivity index is 1.56. The van der Waals surface area contributed by atoms with Crippen molar-refractivity contribution in [1.29, 1.82) is 0 Å². The highest BCUT2D eigenvalue weighted by Crippen LogP contribution is 2.55. The number of carboxylic acids is 1. The Morgan fingerprint density at radius 2 is 1.88 bits per heavy atom. The molecule has 2 N–H and O–H groups in total. The summed E-state index contributed by atoms with van der Waals surface area (Å²) in [7, 11) is 0. The van der Waals surface area contributed by atoms with E-state index in [0.717, 1.165) is 29.8 Å². The van der Waals surface area contributed by atoms with Gasteiger partial charge in [0.15, 0.2) is 4.87 Å². The van der Waals surface area contributed by atoms with Gasteiger partial charge in [-0.1, -0.05) is 43.2 Å². The average Bonchev–Trinajstić information content (AvgIpc) is 3.16. The number of hydrogen-bond donors (Lipinski definition) is 2. The van der Waals surface area contributed by atoms with E-state index in [9.17, 15) is 19.5 Å². The molecule has 1 aliphatic carbocycles. The zero-order chi connectivity index (χ0) is 18.4. The van der Waals surface area contributed by atoms with Gasteiger partial charge in [-0.3, -0.25) is 19.3 Å². The minimum atomic E-state index is -0.977. The summed E-state index contributed by atoms with van der Waals surface area (Å²) in [6.07, 6.45) is 4.74. The summed E-state index contributed by atoms with van der Waals surface area (Å²) < 4.78 is 0. The van der Waals surface area contributed by atoms with Crippen LogP contribution >= 0.6 is 11.8 Å². The van der Waals surface area contributed by atoms with Gasteiger partial charge in [0.1, 0.15) is 0 Å². The lowest BCUT2D eigenvalue weighted by Crippen LogP contribution is -2.55.